The molecule has 9 heteroatoms. The van der Waals surface area contributed by atoms with Crippen LogP contribution in [0.4, 0.5) is 0 Å². The van der Waals surface area contributed by atoms with E-state index in [1.807, 2.05) is 12.1 Å². The van der Waals surface area contributed by atoms with Crippen LogP contribution in [0.15, 0.2) is 38.2 Å². The summed E-state index contributed by atoms with van der Waals surface area (Å²) in [5.74, 6) is 1.90. The van der Waals surface area contributed by atoms with Crippen LogP contribution in [-0.4, -0.2) is 36.7 Å². The second-order valence-corrected chi connectivity index (χ2v) is 15.5. The van der Waals surface area contributed by atoms with Crippen molar-refractivity contribution in [2.45, 2.75) is 33.1 Å². The van der Waals surface area contributed by atoms with E-state index in [1.54, 1.807) is 16.8 Å². The molecule has 3 aromatic rings. The quantitative estimate of drug-likeness (QED) is 0.290. The summed E-state index contributed by atoms with van der Waals surface area (Å²) < 4.78 is 4.68. The molecule has 0 radical (unpaired) electrons. The summed E-state index contributed by atoms with van der Waals surface area (Å²) in [7, 11) is 0. The maximum absolute atomic E-state index is 13.3. The predicted molar refractivity (Wildman–Crippen MR) is 142 cm³/mol. The van der Waals surface area contributed by atoms with Gasteiger partial charge in [0.15, 0.2) is 0 Å². The van der Waals surface area contributed by atoms with Gasteiger partial charge in [-0.2, -0.15) is 0 Å². The molecule has 3 fully saturated rings. The second kappa shape index (κ2) is 9.15. The maximum atomic E-state index is 13.3. The van der Waals surface area contributed by atoms with Crippen LogP contribution < -0.4 is 5.32 Å². The van der Waals surface area contributed by atoms with Crippen molar-refractivity contribution < 1.29 is 4.79 Å². The van der Waals surface area contributed by atoms with Crippen LogP contribution in [-0.2, 0) is 0 Å². The SMILES string of the molecule is CC1(C)C2CC[C@@H](CNC(=O)c3nn(-c4ccc(Cl)cc4Cl)c(-c4ccc(Br)[se]4)c3Br)C1C2. The number of hydrogen-bond donors (Lipinski definition) is 1. The first-order valence-electron chi connectivity index (χ1n) is 10.9. The molecule has 1 N–H and O–H groups in total. The molecule has 3 aliphatic carbocycles. The first-order chi connectivity index (χ1) is 15.7. The predicted octanol–water partition coefficient (Wildman–Crippen LogP) is 7.23. The van der Waals surface area contributed by atoms with Gasteiger partial charge in [-0.3, -0.25) is 0 Å². The number of nitrogens with zero attached hydrogens (tertiary/aromatic N) is 2. The summed E-state index contributed by atoms with van der Waals surface area (Å²) in [6.07, 6.45) is 3.75. The first-order valence-corrected chi connectivity index (χ1v) is 15.0. The van der Waals surface area contributed by atoms with Gasteiger partial charge in [-0.05, 0) is 0 Å². The fourth-order valence-electron chi connectivity index (χ4n) is 5.54. The Morgan fingerprint density at radius 2 is 2.03 bits per heavy atom. The molecule has 2 bridgehead atoms. The van der Waals surface area contributed by atoms with Crippen molar-refractivity contribution in [2.75, 3.05) is 6.54 Å². The van der Waals surface area contributed by atoms with E-state index >= 15 is 0 Å². The third-order valence-electron chi connectivity index (χ3n) is 7.51. The number of benzene rings is 1. The Morgan fingerprint density at radius 1 is 1.24 bits per heavy atom. The molecule has 33 heavy (non-hydrogen) atoms. The van der Waals surface area contributed by atoms with Crippen LogP contribution in [0.25, 0.3) is 15.8 Å². The molecule has 0 saturated heterocycles. The van der Waals surface area contributed by atoms with Gasteiger partial charge in [-0.1, -0.05) is 0 Å². The molecular weight excluding hydrogens is 656 g/mol. The molecule has 2 aromatic heterocycles. The molecule has 1 aromatic carbocycles. The minimum atomic E-state index is -0.163. The topological polar surface area (TPSA) is 46.9 Å². The van der Waals surface area contributed by atoms with Gasteiger partial charge in [-0.15, -0.1) is 0 Å². The Hall–Kier alpha value is -0.561. The van der Waals surface area contributed by atoms with E-state index in [9.17, 15) is 4.79 Å². The Bertz CT molecular complexity index is 1240. The molecule has 3 atom stereocenters. The number of aromatic nitrogens is 2. The molecular formula is C24H23Br2Cl2N3OSe. The van der Waals surface area contributed by atoms with Crippen molar-refractivity contribution in [3.05, 3.63) is 53.9 Å². The number of carbonyl (C=O) groups is 1. The van der Waals surface area contributed by atoms with Crippen LogP contribution in [0.2, 0.25) is 10.0 Å². The Morgan fingerprint density at radius 3 is 2.67 bits per heavy atom. The van der Waals surface area contributed by atoms with Crippen molar-refractivity contribution in [1.29, 1.82) is 0 Å². The second-order valence-electron chi connectivity index (χ2n) is 9.53. The Balaban J connectivity index is 1.46. The zero-order valence-electron chi connectivity index (χ0n) is 18.2. The summed E-state index contributed by atoms with van der Waals surface area (Å²) in [5, 5.41) is 8.94. The molecule has 6 rings (SSSR count). The van der Waals surface area contributed by atoms with Crippen LogP contribution in [0.3, 0.4) is 0 Å². The van der Waals surface area contributed by atoms with Gasteiger partial charge in [0.2, 0.25) is 0 Å². The summed E-state index contributed by atoms with van der Waals surface area (Å²) >= 11 is 20.0. The van der Waals surface area contributed by atoms with Crippen molar-refractivity contribution in [3.63, 3.8) is 0 Å². The molecule has 174 valence electrons. The van der Waals surface area contributed by atoms with Gasteiger partial charge in [0.1, 0.15) is 0 Å². The summed E-state index contributed by atoms with van der Waals surface area (Å²) in [5.41, 5.74) is 2.30. The normalized spacial score (nSPS) is 23.3. The number of hydrogen-bond acceptors (Lipinski definition) is 2. The van der Waals surface area contributed by atoms with Crippen molar-refractivity contribution in [2.24, 2.45) is 23.2 Å². The van der Waals surface area contributed by atoms with E-state index in [2.05, 4.69) is 57.1 Å². The van der Waals surface area contributed by atoms with Gasteiger partial charge in [-0.25, -0.2) is 0 Å². The number of halogens is 4. The van der Waals surface area contributed by atoms with E-state index in [-0.39, 0.29) is 20.4 Å². The zero-order valence-corrected chi connectivity index (χ0v) is 24.6. The molecule has 2 unspecified atom stereocenters. The Kier molecular flexibility index (Phi) is 6.69. The summed E-state index contributed by atoms with van der Waals surface area (Å²) in [4.78, 5) is 13.3. The molecule has 3 saturated carbocycles. The third-order valence-corrected chi connectivity index (χ3v) is 11.8. The van der Waals surface area contributed by atoms with Crippen LogP contribution in [0, 0.1) is 23.2 Å². The van der Waals surface area contributed by atoms with E-state index in [1.165, 1.54) is 19.3 Å². The zero-order chi connectivity index (χ0) is 23.5. The van der Waals surface area contributed by atoms with Gasteiger partial charge < -0.3 is 0 Å². The van der Waals surface area contributed by atoms with E-state index in [0.29, 0.717) is 49.7 Å². The van der Waals surface area contributed by atoms with E-state index in [0.717, 1.165) is 19.4 Å². The summed E-state index contributed by atoms with van der Waals surface area (Å²) in [6.45, 7) is 5.45. The summed E-state index contributed by atoms with van der Waals surface area (Å²) in [6, 6.07) is 9.40. The molecule has 2 heterocycles. The van der Waals surface area contributed by atoms with E-state index < -0.39 is 0 Å². The fourth-order valence-corrected chi connectivity index (χ4v) is 9.61. The number of fused-ring (bicyclic) bond motifs is 2. The van der Waals surface area contributed by atoms with Gasteiger partial charge in [0.25, 0.3) is 0 Å². The molecule has 1 amide bonds. The molecule has 0 aliphatic heterocycles. The van der Waals surface area contributed by atoms with Crippen molar-refractivity contribution in [3.8, 4) is 15.8 Å². The first kappa shape index (κ1) is 24.1. The number of rotatable bonds is 5. The average Bonchev–Trinajstić information content (AvgIpc) is 3.34. The van der Waals surface area contributed by atoms with Crippen LogP contribution in [0.5, 0.6) is 0 Å². The van der Waals surface area contributed by atoms with Crippen molar-refractivity contribution in [1.82, 2.24) is 15.1 Å². The molecule has 3 aliphatic rings. The van der Waals surface area contributed by atoms with Crippen molar-refractivity contribution >= 4 is 75.5 Å². The minimum absolute atomic E-state index is 0.0847. The van der Waals surface area contributed by atoms with Gasteiger partial charge >= 0.3 is 228 Å². The monoisotopic (exact) mass is 677 g/mol. The van der Waals surface area contributed by atoms with E-state index in [4.69, 9.17) is 28.3 Å². The van der Waals surface area contributed by atoms with Crippen LogP contribution >= 0.6 is 55.1 Å². The molecule has 0 spiro atoms. The van der Waals surface area contributed by atoms with Gasteiger partial charge in [0, 0.05) is 0 Å². The Labute approximate surface area is 226 Å². The number of amides is 1. The molecule has 4 nitrogen and oxygen atoms in total. The number of carbonyl (C=O) groups excluding carboxylic acids is 1. The van der Waals surface area contributed by atoms with Crippen LogP contribution in [0.1, 0.15) is 43.6 Å². The number of nitrogens with one attached hydrogen (secondary N) is 1. The van der Waals surface area contributed by atoms with Gasteiger partial charge in [0.05, 0.1) is 0 Å². The third kappa shape index (κ3) is 4.32. The average molecular weight is 679 g/mol. The standard InChI is InChI=1S/C24H23Br2Cl2N3OSe/c1-24(2)13-4-3-12(15(24)9-13)11-29-23(32)21-20(26)22(18-7-8-19(25)33-18)31(30-21)17-6-5-14(27)10-16(17)28/h5-8,10,12-13,15H,3-4,9,11H2,1-2H3,(H,29,32)/t12-,13?,15?/m0/s1. The fraction of sp³-hybridized carbons (Fsp3) is 0.417.